The maximum Gasteiger partial charge on any atom is 0.0585 e. The summed E-state index contributed by atoms with van der Waals surface area (Å²) in [7, 11) is 0. The number of rotatable bonds is 3. The van der Waals surface area contributed by atoms with E-state index in [0.29, 0.717) is 0 Å². The Balaban J connectivity index is 0.00000121. The third-order valence-corrected chi connectivity index (χ3v) is 1.58. The lowest BCUT2D eigenvalue weighted by molar-refractivity contribution is 0.265. The van der Waals surface area contributed by atoms with Crippen molar-refractivity contribution >= 4 is 0 Å². The zero-order valence-electron chi connectivity index (χ0n) is 6.90. The predicted octanol–water partition coefficient (Wildman–Crippen LogP) is -0.276. The lowest BCUT2D eigenvalue weighted by atomic mass is 10.1. The molecule has 68 valence electrons. The molecule has 0 aliphatic heterocycles. The summed E-state index contributed by atoms with van der Waals surface area (Å²) in [5.74, 6) is 0. The molecule has 1 unspecified atom stereocenters. The summed E-state index contributed by atoms with van der Waals surface area (Å²) >= 11 is 0. The monoisotopic (exact) mass is 169 g/mol. The Hall–Kier alpha value is -0.900. The van der Waals surface area contributed by atoms with Crippen molar-refractivity contribution in [1.82, 2.24) is 0 Å². The van der Waals surface area contributed by atoms with Gasteiger partial charge in [0, 0.05) is 6.04 Å². The molecule has 0 fully saturated rings. The molecule has 1 atom stereocenters. The number of aliphatic hydroxyl groups excluding tert-OH is 1. The van der Waals surface area contributed by atoms with E-state index in [4.69, 9.17) is 10.8 Å². The number of hydrogen-bond acceptors (Lipinski definition) is 2. The van der Waals surface area contributed by atoms with Crippen LogP contribution < -0.4 is 5.73 Å². The van der Waals surface area contributed by atoms with Gasteiger partial charge in [-0.3, -0.25) is 0 Å². The topological polar surface area (TPSA) is 77.8 Å². The van der Waals surface area contributed by atoms with Gasteiger partial charge in [0.15, 0.2) is 0 Å². The maximum atomic E-state index is 8.67. The molecule has 0 aromatic heterocycles. The van der Waals surface area contributed by atoms with Gasteiger partial charge in [-0.1, -0.05) is 30.3 Å². The molecule has 1 aromatic carbocycles. The first-order valence-electron chi connectivity index (χ1n) is 3.73. The largest absolute Gasteiger partial charge is 0.412 e. The summed E-state index contributed by atoms with van der Waals surface area (Å²) in [4.78, 5) is 0. The highest BCUT2D eigenvalue weighted by atomic mass is 16.3. The molecular formula is C9H15NO2. The van der Waals surface area contributed by atoms with Gasteiger partial charge in [0.1, 0.15) is 0 Å². The highest BCUT2D eigenvalue weighted by Gasteiger charge is 1.99. The first-order valence-corrected chi connectivity index (χ1v) is 3.73. The number of aliphatic hydroxyl groups is 1. The highest BCUT2D eigenvalue weighted by Crippen LogP contribution is 2.00. The van der Waals surface area contributed by atoms with Crippen molar-refractivity contribution in [3.05, 3.63) is 35.9 Å². The summed E-state index contributed by atoms with van der Waals surface area (Å²) in [5.41, 5.74) is 6.73. The van der Waals surface area contributed by atoms with E-state index >= 15 is 0 Å². The van der Waals surface area contributed by atoms with Gasteiger partial charge >= 0.3 is 0 Å². The Labute approximate surface area is 72.1 Å². The second-order valence-corrected chi connectivity index (χ2v) is 2.63. The molecule has 0 bridgehead atoms. The zero-order chi connectivity index (χ0) is 8.10. The minimum Gasteiger partial charge on any atom is -0.412 e. The fraction of sp³-hybridized carbons (Fsp3) is 0.333. The molecule has 3 heteroatoms. The maximum absolute atomic E-state index is 8.67. The van der Waals surface area contributed by atoms with Crippen LogP contribution in [0, 0.1) is 0 Å². The molecular weight excluding hydrogens is 154 g/mol. The van der Waals surface area contributed by atoms with Crippen molar-refractivity contribution < 1.29 is 10.6 Å². The third kappa shape index (κ3) is 3.48. The van der Waals surface area contributed by atoms with Gasteiger partial charge in [-0.25, -0.2) is 0 Å². The van der Waals surface area contributed by atoms with E-state index in [-0.39, 0.29) is 18.1 Å². The Bertz CT molecular complexity index is 201. The number of hydrogen-bond donors (Lipinski definition) is 2. The van der Waals surface area contributed by atoms with Crippen molar-refractivity contribution in [3.63, 3.8) is 0 Å². The molecule has 3 nitrogen and oxygen atoms in total. The van der Waals surface area contributed by atoms with Gasteiger partial charge in [0.25, 0.3) is 0 Å². The van der Waals surface area contributed by atoms with Gasteiger partial charge in [-0.05, 0) is 12.0 Å². The number of benzene rings is 1. The summed E-state index contributed by atoms with van der Waals surface area (Å²) < 4.78 is 0. The fourth-order valence-electron chi connectivity index (χ4n) is 0.981. The van der Waals surface area contributed by atoms with Crippen LogP contribution in [0.1, 0.15) is 5.56 Å². The average Bonchev–Trinajstić information content (AvgIpc) is 2.06. The predicted molar refractivity (Wildman–Crippen MR) is 48.8 cm³/mol. The molecule has 0 radical (unpaired) electrons. The minimum absolute atomic E-state index is 0. The van der Waals surface area contributed by atoms with E-state index in [9.17, 15) is 0 Å². The summed E-state index contributed by atoms with van der Waals surface area (Å²) in [5, 5.41) is 8.67. The van der Waals surface area contributed by atoms with Crippen LogP contribution in [-0.4, -0.2) is 23.2 Å². The van der Waals surface area contributed by atoms with E-state index in [0.717, 1.165) is 6.42 Å². The summed E-state index contributed by atoms with van der Waals surface area (Å²) in [6, 6.07) is 9.80. The van der Waals surface area contributed by atoms with Gasteiger partial charge in [0.05, 0.1) is 6.61 Å². The molecule has 0 spiro atoms. The molecule has 1 rings (SSSR count). The minimum atomic E-state index is -0.127. The second-order valence-electron chi connectivity index (χ2n) is 2.63. The van der Waals surface area contributed by atoms with Crippen LogP contribution in [-0.2, 0) is 6.42 Å². The average molecular weight is 169 g/mol. The van der Waals surface area contributed by atoms with Crippen LogP contribution in [0.15, 0.2) is 30.3 Å². The van der Waals surface area contributed by atoms with Gasteiger partial charge in [-0.15, -0.1) is 0 Å². The van der Waals surface area contributed by atoms with Crippen molar-refractivity contribution in [2.75, 3.05) is 6.61 Å². The van der Waals surface area contributed by atoms with E-state index in [1.165, 1.54) is 5.56 Å². The Morgan fingerprint density at radius 2 is 1.83 bits per heavy atom. The van der Waals surface area contributed by atoms with E-state index in [2.05, 4.69) is 0 Å². The molecule has 0 saturated carbocycles. The molecule has 0 saturated heterocycles. The van der Waals surface area contributed by atoms with Crippen LogP contribution >= 0.6 is 0 Å². The third-order valence-electron chi connectivity index (χ3n) is 1.58. The standard InChI is InChI=1S/C9H13NO.H2O/c10-9(7-11)6-8-4-2-1-3-5-8;/h1-5,9,11H,6-7,10H2;1H2. The van der Waals surface area contributed by atoms with E-state index < -0.39 is 0 Å². The lowest BCUT2D eigenvalue weighted by Crippen LogP contribution is -2.26. The SMILES string of the molecule is NC(CO)Cc1ccccc1.O. The van der Waals surface area contributed by atoms with E-state index in [1.807, 2.05) is 30.3 Å². The smallest absolute Gasteiger partial charge is 0.0585 e. The molecule has 0 aliphatic rings. The Morgan fingerprint density at radius 1 is 1.25 bits per heavy atom. The van der Waals surface area contributed by atoms with Crippen LogP contribution in [0.2, 0.25) is 0 Å². The highest BCUT2D eigenvalue weighted by molar-refractivity contribution is 5.15. The Morgan fingerprint density at radius 3 is 2.33 bits per heavy atom. The molecule has 5 N–H and O–H groups in total. The van der Waals surface area contributed by atoms with Crippen molar-refractivity contribution in [1.29, 1.82) is 0 Å². The lowest BCUT2D eigenvalue weighted by Gasteiger charge is -2.06. The first-order chi connectivity index (χ1) is 5.33. The van der Waals surface area contributed by atoms with Gasteiger partial charge in [-0.2, -0.15) is 0 Å². The summed E-state index contributed by atoms with van der Waals surface area (Å²) in [6.07, 6.45) is 0.747. The van der Waals surface area contributed by atoms with Crippen LogP contribution in [0.4, 0.5) is 0 Å². The summed E-state index contributed by atoms with van der Waals surface area (Å²) in [6.45, 7) is 0.0505. The van der Waals surface area contributed by atoms with Crippen molar-refractivity contribution in [3.8, 4) is 0 Å². The Kier molecular flexibility index (Phi) is 5.28. The molecule has 0 heterocycles. The van der Waals surface area contributed by atoms with Crippen LogP contribution in [0.5, 0.6) is 0 Å². The molecule has 12 heavy (non-hydrogen) atoms. The number of nitrogens with two attached hydrogens (primary N) is 1. The van der Waals surface area contributed by atoms with Crippen LogP contribution in [0.3, 0.4) is 0 Å². The van der Waals surface area contributed by atoms with Crippen LogP contribution in [0.25, 0.3) is 0 Å². The van der Waals surface area contributed by atoms with Crippen molar-refractivity contribution in [2.45, 2.75) is 12.5 Å². The van der Waals surface area contributed by atoms with E-state index in [1.54, 1.807) is 0 Å². The first kappa shape index (κ1) is 11.1. The molecule has 0 amide bonds. The second kappa shape index (κ2) is 5.71. The quantitative estimate of drug-likeness (QED) is 0.653. The zero-order valence-corrected chi connectivity index (χ0v) is 6.90. The van der Waals surface area contributed by atoms with Crippen molar-refractivity contribution in [2.24, 2.45) is 5.73 Å². The van der Waals surface area contributed by atoms with Gasteiger partial charge in [0.2, 0.25) is 0 Å². The molecule has 0 aliphatic carbocycles. The molecule has 1 aromatic rings. The normalized spacial score (nSPS) is 11.8. The fourth-order valence-corrected chi connectivity index (χ4v) is 0.981. The van der Waals surface area contributed by atoms with Gasteiger partial charge < -0.3 is 16.3 Å².